The molecular formula is C18H13F4N3O2. The van der Waals surface area contributed by atoms with Crippen LogP contribution in [0.1, 0.15) is 24.0 Å². The first-order valence-corrected chi connectivity index (χ1v) is 8.18. The lowest BCUT2D eigenvalue weighted by molar-refractivity contribution is -0.239. The number of nitrogens with one attached hydrogen (secondary N) is 1. The summed E-state index contributed by atoms with van der Waals surface area (Å²) < 4.78 is 62.3. The van der Waals surface area contributed by atoms with Gasteiger partial charge in [0.15, 0.2) is 0 Å². The van der Waals surface area contributed by atoms with Gasteiger partial charge in [0.2, 0.25) is 0 Å². The topological polar surface area (TPSA) is 56.2 Å². The van der Waals surface area contributed by atoms with E-state index in [1.165, 1.54) is 10.9 Å². The summed E-state index contributed by atoms with van der Waals surface area (Å²) in [4.78, 5) is 11.8. The molecule has 1 atom stereocenters. The van der Waals surface area contributed by atoms with Crippen LogP contribution in [0, 0.1) is 23.6 Å². The van der Waals surface area contributed by atoms with Crippen molar-refractivity contribution < 1.29 is 27.1 Å². The number of amides is 1. The molecule has 0 bridgehead atoms. The molecule has 27 heavy (non-hydrogen) atoms. The number of benzene rings is 1. The maximum atomic E-state index is 14.6. The number of alkyl halides is 3. The number of fused-ring (bicyclic) bond motifs is 1. The zero-order chi connectivity index (χ0) is 19.2. The Balaban J connectivity index is 1.84. The molecule has 1 fully saturated rings. The highest BCUT2D eigenvalue weighted by Gasteiger charge is 2.62. The summed E-state index contributed by atoms with van der Waals surface area (Å²) in [7, 11) is 0. The van der Waals surface area contributed by atoms with Gasteiger partial charge in [-0.2, -0.15) is 18.3 Å². The van der Waals surface area contributed by atoms with E-state index in [4.69, 9.17) is 0 Å². The fraction of sp³-hybridized carbons (Fsp3) is 0.333. The van der Waals surface area contributed by atoms with Crippen molar-refractivity contribution in [1.82, 2.24) is 9.78 Å². The number of hydrogen-bond donors (Lipinski definition) is 1. The SMILES string of the molecule is O=C1Nc2cc(Cn3cccn3)c(F)cc2[C@@](C#CC2CC2)(C(F)(F)F)O1. The van der Waals surface area contributed by atoms with Crippen LogP contribution in [0.15, 0.2) is 30.6 Å². The van der Waals surface area contributed by atoms with Crippen LogP contribution in [0.2, 0.25) is 0 Å². The molecule has 0 unspecified atom stereocenters. The Labute approximate surface area is 151 Å². The molecule has 140 valence electrons. The van der Waals surface area contributed by atoms with Crippen molar-refractivity contribution in [2.24, 2.45) is 5.92 Å². The number of hydrogen-bond acceptors (Lipinski definition) is 3. The molecule has 1 aromatic heterocycles. The molecule has 1 N–H and O–H groups in total. The molecule has 1 saturated carbocycles. The third-order valence-electron chi connectivity index (χ3n) is 4.37. The molecule has 1 amide bonds. The summed E-state index contributed by atoms with van der Waals surface area (Å²) in [6, 6.07) is 3.52. The predicted octanol–water partition coefficient (Wildman–Crippen LogP) is 3.80. The molecule has 1 aromatic carbocycles. The standard InChI is InChI=1S/C18H13F4N3O2/c19-14-9-13-15(8-12(14)10-25-7-1-6-23-25)24-16(26)27-17(13,18(20,21)22)5-4-11-2-3-11/h1,6-9,11H,2-3,10H2,(H,24,26)/t17-/m0/s1. The van der Waals surface area contributed by atoms with Gasteiger partial charge in [0.05, 0.1) is 12.2 Å². The lowest BCUT2D eigenvalue weighted by atomic mass is 9.89. The average molecular weight is 379 g/mol. The first kappa shape index (κ1) is 17.4. The Bertz CT molecular complexity index is 955. The minimum atomic E-state index is -5.03. The second kappa shape index (κ2) is 6.01. The van der Waals surface area contributed by atoms with E-state index in [0.29, 0.717) is 12.8 Å². The highest BCUT2D eigenvalue weighted by Crippen LogP contribution is 2.48. The minimum Gasteiger partial charge on any atom is -0.415 e. The van der Waals surface area contributed by atoms with Crippen molar-refractivity contribution in [2.45, 2.75) is 31.2 Å². The van der Waals surface area contributed by atoms with Gasteiger partial charge in [0.25, 0.3) is 5.60 Å². The van der Waals surface area contributed by atoms with Crippen LogP contribution in [-0.2, 0) is 16.9 Å². The zero-order valence-corrected chi connectivity index (χ0v) is 13.8. The van der Waals surface area contributed by atoms with Crippen molar-refractivity contribution in [1.29, 1.82) is 0 Å². The van der Waals surface area contributed by atoms with Gasteiger partial charge in [-0.3, -0.25) is 10.00 Å². The van der Waals surface area contributed by atoms with Crippen LogP contribution in [0.3, 0.4) is 0 Å². The Hall–Kier alpha value is -3.02. The quantitative estimate of drug-likeness (QED) is 0.638. The summed E-state index contributed by atoms with van der Waals surface area (Å²) in [6.07, 6.45) is -1.86. The fourth-order valence-corrected chi connectivity index (χ4v) is 2.84. The Morgan fingerprint density at radius 1 is 1.37 bits per heavy atom. The van der Waals surface area contributed by atoms with Crippen LogP contribution in [0.4, 0.5) is 28.0 Å². The van der Waals surface area contributed by atoms with E-state index in [-0.39, 0.29) is 23.7 Å². The number of carbonyl (C=O) groups excluding carboxylic acids is 1. The molecule has 1 aliphatic carbocycles. The van der Waals surface area contributed by atoms with Crippen molar-refractivity contribution in [3.05, 3.63) is 47.5 Å². The van der Waals surface area contributed by atoms with E-state index in [1.807, 2.05) is 0 Å². The maximum absolute atomic E-state index is 14.6. The Kier molecular flexibility index (Phi) is 3.87. The minimum absolute atomic E-state index is 0.00435. The van der Waals surface area contributed by atoms with E-state index >= 15 is 0 Å². The van der Waals surface area contributed by atoms with Crippen LogP contribution < -0.4 is 5.32 Å². The van der Waals surface area contributed by atoms with Crippen LogP contribution in [-0.4, -0.2) is 22.1 Å². The lowest BCUT2D eigenvalue weighted by Gasteiger charge is -2.36. The van der Waals surface area contributed by atoms with Crippen molar-refractivity contribution in [3.8, 4) is 11.8 Å². The van der Waals surface area contributed by atoms with Gasteiger partial charge in [-0.25, -0.2) is 9.18 Å². The zero-order valence-electron chi connectivity index (χ0n) is 13.8. The first-order chi connectivity index (χ1) is 12.8. The van der Waals surface area contributed by atoms with Gasteiger partial charge in [-0.1, -0.05) is 5.92 Å². The molecule has 4 rings (SSSR count). The summed E-state index contributed by atoms with van der Waals surface area (Å²) in [5.41, 5.74) is -3.87. The maximum Gasteiger partial charge on any atom is 0.445 e. The second-order valence-corrected chi connectivity index (χ2v) is 6.43. The third kappa shape index (κ3) is 3.12. The molecule has 0 saturated heterocycles. The normalized spacial score (nSPS) is 21.6. The van der Waals surface area contributed by atoms with Crippen LogP contribution in [0.25, 0.3) is 0 Å². The molecule has 2 aromatic rings. The fourth-order valence-electron chi connectivity index (χ4n) is 2.84. The highest BCUT2D eigenvalue weighted by molar-refractivity contribution is 5.90. The van der Waals surface area contributed by atoms with Crippen LogP contribution in [0.5, 0.6) is 0 Å². The van der Waals surface area contributed by atoms with Gasteiger partial charge in [-0.15, -0.1) is 0 Å². The number of rotatable bonds is 2. The van der Waals surface area contributed by atoms with E-state index in [0.717, 1.165) is 12.1 Å². The first-order valence-electron chi connectivity index (χ1n) is 8.18. The molecular weight excluding hydrogens is 366 g/mol. The van der Waals surface area contributed by atoms with Gasteiger partial charge >= 0.3 is 12.3 Å². The van der Waals surface area contributed by atoms with Gasteiger partial charge in [0, 0.05) is 29.4 Å². The smallest absolute Gasteiger partial charge is 0.415 e. The Morgan fingerprint density at radius 3 is 2.78 bits per heavy atom. The van der Waals surface area contributed by atoms with Crippen molar-refractivity contribution >= 4 is 11.8 Å². The molecule has 1 aliphatic heterocycles. The van der Waals surface area contributed by atoms with Crippen molar-refractivity contribution in [2.75, 3.05) is 5.32 Å². The van der Waals surface area contributed by atoms with E-state index in [9.17, 15) is 22.4 Å². The summed E-state index contributed by atoms with van der Waals surface area (Å²) in [6.45, 7) is -0.00435. The highest BCUT2D eigenvalue weighted by atomic mass is 19.4. The van der Waals surface area contributed by atoms with Gasteiger partial charge in [-0.05, 0) is 37.0 Å². The molecule has 0 radical (unpaired) electrons. The predicted molar refractivity (Wildman–Crippen MR) is 86.1 cm³/mol. The second-order valence-electron chi connectivity index (χ2n) is 6.43. The largest absolute Gasteiger partial charge is 0.445 e. The number of aromatic nitrogens is 2. The molecule has 2 heterocycles. The van der Waals surface area contributed by atoms with E-state index in [2.05, 4.69) is 27.0 Å². The number of ether oxygens (including phenoxy) is 1. The Morgan fingerprint density at radius 2 is 2.15 bits per heavy atom. The summed E-state index contributed by atoms with van der Waals surface area (Å²) in [5.74, 6) is 3.54. The summed E-state index contributed by atoms with van der Waals surface area (Å²) in [5, 5.41) is 6.15. The van der Waals surface area contributed by atoms with Gasteiger partial charge in [0.1, 0.15) is 5.82 Å². The molecule has 5 nitrogen and oxygen atoms in total. The lowest BCUT2D eigenvalue weighted by Crippen LogP contribution is -2.49. The van der Waals surface area contributed by atoms with Gasteiger partial charge < -0.3 is 4.74 Å². The number of carbonyl (C=O) groups is 1. The average Bonchev–Trinajstić information content (AvgIpc) is 3.28. The molecule has 0 spiro atoms. The molecule has 2 aliphatic rings. The third-order valence-corrected chi connectivity index (χ3v) is 4.37. The molecule has 9 heteroatoms. The summed E-state index contributed by atoms with van der Waals surface area (Å²) >= 11 is 0. The monoisotopic (exact) mass is 379 g/mol. The number of cyclic esters (lactones) is 1. The van der Waals surface area contributed by atoms with Crippen LogP contribution >= 0.6 is 0 Å². The number of nitrogens with zero attached hydrogens (tertiary/aromatic N) is 2. The van der Waals surface area contributed by atoms with E-state index < -0.39 is 29.3 Å². The van der Waals surface area contributed by atoms with Crippen molar-refractivity contribution in [3.63, 3.8) is 0 Å². The number of anilines is 1. The van der Waals surface area contributed by atoms with E-state index in [1.54, 1.807) is 12.3 Å². The number of halogens is 4.